The van der Waals surface area contributed by atoms with E-state index in [1.54, 1.807) is 22.8 Å². The molecule has 0 saturated heterocycles. The second-order valence-corrected chi connectivity index (χ2v) is 4.83. The number of benzene rings is 1. The molecule has 0 radical (unpaired) electrons. The molecule has 3 rings (SSSR count). The number of nitrogens with two attached hydrogens (primary N) is 1. The number of ether oxygens (including phenoxy) is 1. The highest BCUT2D eigenvalue weighted by atomic mass is 19.2. The van der Waals surface area contributed by atoms with Crippen molar-refractivity contribution in [2.75, 3.05) is 7.11 Å². The lowest BCUT2D eigenvalue weighted by Crippen LogP contribution is -2.07. The van der Waals surface area contributed by atoms with Gasteiger partial charge in [-0.1, -0.05) is 13.5 Å². The van der Waals surface area contributed by atoms with Crippen LogP contribution >= 0.6 is 0 Å². The number of hydrogen-bond acceptors (Lipinski definition) is 5. The first-order chi connectivity index (χ1) is 11.5. The summed E-state index contributed by atoms with van der Waals surface area (Å²) >= 11 is 0. The van der Waals surface area contributed by atoms with Gasteiger partial charge in [0, 0.05) is 18.3 Å². The van der Waals surface area contributed by atoms with Crippen molar-refractivity contribution >= 4 is 11.6 Å². The Morgan fingerprint density at radius 3 is 2.56 bits per heavy atom. The molecule has 3 aromatic rings. The molecule has 0 aliphatic heterocycles. The first-order valence-corrected chi connectivity index (χ1v) is 7.00. The average Bonchev–Trinajstić information content (AvgIpc) is 3.06. The van der Waals surface area contributed by atoms with Crippen LogP contribution < -0.4 is 5.73 Å². The number of rotatable bonds is 2. The van der Waals surface area contributed by atoms with Crippen LogP contribution in [0, 0.1) is 18.6 Å². The summed E-state index contributed by atoms with van der Waals surface area (Å²) in [5.41, 5.74) is 7.57. The van der Waals surface area contributed by atoms with Crippen LogP contribution in [0.2, 0.25) is 0 Å². The number of carbonyl (C=O) groups excluding carboxylic acids is 1. The van der Waals surface area contributed by atoms with Crippen molar-refractivity contribution in [1.29, 1.82) is 0 Å². The van der Waals surface area contributed by atoms with Crippen LogP contribution in [0.25, 0.3) is 5.65 Å². The third-order valence-corrected chi connectivity index (χ3v) is 3.15. The fourth-order valence-electron chi connectivity index (χ4n) is 1.94. The maximum Gasteiger partial charge on any atom is 0.356 e. The van der Waals surface area contributed by atoms with Gasteiger partial charge in [-0.15, -0.1) is 0 Å². The molecule has 134 valence electrons. The summed E-state index contributed by atoms with van der Waals surface area (Å²) in [7, 11) is 1.33. The molecule has 0 aliphatic rings. The number of carbonyl (C=O) groups is 1. The predicted molar refractivity (Wildman–Crippen MR) is 90.0 cm³/mol. The molecule has 2 N–H and O–H groups in total. The second kappa shape index (κ2) is 8.84. The lowest BCUT2D eigenvalue weighted by molar-refractivity contribution is 0.0594. The van der Waals surface area contributed by atoms with E-state index in [-0.39, 0.29) is 14.0 Å². The van der Waals surface area contributed by atoms with E-state index in [0.717, 1.165) is 17.8 Å². The summed E-state index contributed by atoms with van der Waals surface area (Å²) in [5.74, 6) is -2.11. The van der Waals surface area contributed by atoms with Gasteiger partial charge in [-0.2, -0.15) is 5.10 Å². The van der Waals surface area contributed by atoms with E-state index in [9.17, 15) is 13.6 Å². The number of fused-ring (bicyclic) bond motifs is 1. The molecule has 0 spiro atoms. The van der Waals surface area contributed by atoms with Gasteiger partial charge < -0.3 is 10.5 Å². The van der Waals surface area contributed by atoms with Crippen LogP contribution in [0.1, 0.15) is 29.2 Å². The van der Waals surface area contributed by atoms with E-state index >= 15 is 0 Å². The third-order valence-electron chi connectivity index (χ3n) is 3.15. The molecule has 0 amide bonds. The number of halogens is 2. The van der Waals surface area contributed by atoms with Crippen molar-refractivity contribution in [3.8, 4) is 0 Å². The Balaban J connectivity index is 0.000000254. The number of nitrogens with zero attached hydrogens (tertiary/aromatic N) is 3. The standard InChI is InChI=1S/C9H9N3O2.C7H7F2N.CH4/c1-6-5-7(9(13)14-2)11-8-3-4-10-12(6)8;8-6-2-1-5(4-10)3-7(6)9;/h3-5H,1-2H3;1-3H,4,10H2;1H4. The summed E-state index contributed by atoms with van der Waals surface area (Å²) < 4.78 is 30.8. The van der Waals surface area contributed by atoms with Crippen molar-refractivity contribution in [3.05, 3.63) is 65.1 Å². The van der Waals surface area contributed by atoms with Gasteiger partial charge >= 0.3 is 5.97 Å². The highest BCUT2D eigenvalue weighted by molar-refractivity contribution is 5.87. The van der Waals surface area contributed by atoms with Crippen LogP contribution in [-0.2, 0) is 11.3 Å². The molecule has 0 saturated carbocycles. The van der Waals surface area contributed by atoms with Gasteiger partial charge in [0.05, 0.1) is 13.3 Å². The Bertz CT molecular complexity index is 865. The molecular formula is C17H20F2N4O2. The van der Waals surface area contributed by atoms with Gasteiger partial charge in [-0.05, 0) is 30.7 Å². The highest BCUT2D eigenvalue weighted by Crippen LogP contribution is 2.08. The third kappa shape index (κ3) is 4.80. The maximum atomic E-state index is 12.3. The van der Waals surface area contributed by atoms with E-state index in [1.165, 1.54) is 13.2 Å². The summed E-state index contributed by atoms with van der Waals surface area (Å²) in [4.78, 5) is 15.3. The minimum Gasteiger partial charge on any atom is -0.464 e. The lowest BCUT2D eigenvalue weighted by Gasteiger charge is -2.02. The zero-order valence-electron chi connectivity index (χ0n) is 13.2. The highest BCUT2D eigenvalue weighted by Gasteiger charge is 2.10. The molecule has 0 bridgehead atoms. The molecular weight excluding hydrogens is 330 g/mol. The van der Waals surface area contributed by atoms with Gasteiger partial charge in [-0.3, -0.25) is 0 Å². The number of aryl methyl sites for hydroxylation is 1. The van der Waals surface area contributed by atoms with Crippen molar-refractivity contribution in [2.45, 2.75) is 20.9 Å². The summed E-state index contributed by atoms with van der Waals surface area (Å²) in [5, 5.41) is 4.05. The Morgan fingerprint density at radius 2 is 1.96 bits per heavy atom. The zero-order valence-corrected chi connectivity index (χ0v) is 13.2. The monoisotopic (exact) mass is 350 g/mol. The molecule has 8 heteroatoms. The van der Waals surface area contributed by atoms with Crippen molar-refractivity contribution in [2.24, 2.45) is 5.73 Å². The number of aromatic nitrogens is 3. The van der Waals surface area contributed by atoms with Gasteiger partial charge in [0.1, 0.15) is 0 Å². The number of hydrogen-bond donors (Lipinski definition) is 1. The van der Waals surface area contributed by atoms with Crippen LogP contribution in [0.15, 0.2) is 36.5 Å². The SMILES string of the molecule is C.COC(=O)c1cc(C)n2nccc2n1.NCc1ccc(F)c(F)c1. The van der Waals surface area contributed by atoms with E-state index < -0.39 is 17.6 Å². The lowest BCUT2D eigenvalue weighted by atomic mass is 10.2. The topological polar surface area (TPSA) is 82.5 Å². The first kappa shape index (κ1) is 20.2. The Labute approximate surface area is 144 Å². The van der Waals surface area contributed by atoms with Crippen molar-refractivity contribution < 1.29 is 18.3 Å². The Hall–Kier alpha value is -2.87. The van der Waals surface area contributed by atoms with Gasteiger partial charge in [0.25, 0.3) is 0 Å². The molecule has 1 aromatic carbocycles. The largest absolute Gasteiger partial charge is 0.464 e. The van der Waals surface area contributed by atoms with Crippen LogP contribution in [0.3, 0.4) is 0 Å². The molecule has 0 atom stereocenters. The summed E-state index contributed by atoms with van der Waals surface area (Å²) in [6.45, 7) is 2.09. The minimum atomic E-state index is -0.844. The molecule has 2 aromatic heterocycles. The average molecular weight is 350 g/mol. The molecule has 25 heavy (non-hydrogen) atoms. The smallest absolute Gasteiger partial charge is 0.356 e. The maximum absolute atomic E-state index is 12.3. The van der Waals surface area contributed by atoms with Crippen LogP contribution in [0.4, 0.5) is 8.78 Å². The minimum absolute atomic E-state index is 0. The van der Waals surface area contributed by atoms with E-state index in [4.69, 9.17) is 5.73 Å². The zero-order chi connectivity index (χ0) is 17.7. The van der Waals surface area contributed by atoms with Gasteiger partial charge in [0.2, 0.25) is 0 Å². The molecule has 0 fully saturated rings. The van der Waals surface area contributed by atoms with Gasteiger partial charge in [-0.25, -0.2) is 23.1 Å². The van der Waals surface area contributed by atoms with Crippen LogP contribution in [-0.4, -0.2) is 27.7 Å². The first-order valence-electron chi connectivity index (χ1n) is 7.00. The summed E-state index contributed by atoms with van der Waals surface area (Å²) in [6, 6.07) is 7.00. The number of methoxy groups -OCH3 is 1. The Morgan fingerprint density at radius 1 is 1.24 bits per heavy atom. The van der Waals surface area contributed by atoms with E-state index in [0.29, 0.717) is 16.9 Å². The quantitative estimate of drug-likeness (QED) is 0.719. The van der Waals surface area contributed by atoms with Gasteiger partial charge in [0.15, 0.2) is 23.0 Å². The van der Waals surface area contributed by atoms with Crippen molar-refractivity contribution in [3.63, 3.8) is 0 Å². The molecule has 0 aliphatic carbocycles. The van der Waals surface area contributed by atoms with Crippen molar-refractivity contribution in [1.82, 2.24) is 14.6 Å². The molecule has 0 unspecified atom stereocenters. The number of esters is 1. The predicted octanol–water partition coefficient (Wildman–Crippen LogP) is 2.88. The Kier molecular flexibility index (Phi) is 7.13. The van der Waals surface area contributed by atoms with E-state index in [2.05, 4.69) is 14.8 Å². The van der Waals surface area contributed by atoms with Crippen LogP contribution in [0.5, 0.6) is 0 Å². The molecule has 6 nitrogen and oxygen atoms in total. The molecule has 2 heterocycles. The second-order valence-electron chi connectivity index (χ2n) is 4.83. The summed E-state index contributed by atoms with van der Waals surface area (Å²) in [6.07, 6.45) is 1.64. The fraction of sp³-hybridized carbons (Fsp3) is 0.235. The normalized spacial score (nSPS) is 9.80. The fourth-order valence-corrected chi connectivity index (χ4v) is 1.94. The van der Waals surface area contributed by atoms with E-state index in [1.807, 2.05) is 6.92 Å².